The third-order valence-electron chi connectivity index (χ3n) is 5.21. The maximum Gasteiger partial charge on any atom is 0.335 e. The van der Waals surface area contributed by atoms with Crippen LogP contribution in [0.2, 0.25) is 0 Å². The number of phenolic OH excluding ortho intramolecular Hbond substituents is 3. The molecule has 1 saturated heterocycles. The van der Waals surface area contributed by atoms with E-state index in [9.17, 15) is 45.3 Å². The first-order valence-corrected chi connectivity index (χ1v) is 9.64. The molecule has 8 N–H and O–H groups in total. The van der Waals surface area contributed by atoms with Crippen molar-refractivity contribution in [2.45, 2.75) is 30.7 Å². The quantitative estimate of drug-likeness (QED) is 0.223. The summed E-state index contributed by atoms with van der Waals surface area (Å²) in [4.78, 5) is 24.2. The van der Waals surface area contributed by atoms with Gasteiger partial charge in [0.25, 0.3) is 0 Å². The highest BCUT2D eigenvalue weighted by atomic mass is 16.7. The lowest BCUT2D eigenvalue weighted by Crippen LogP contribution is -2.61. The number of benzene rings is 2. The number of ether oxygens (including phenoxy) is 2. The van der Waals surface area contributed by atoms with Crippen molar-refractivity contribution in [1.29, 1.82) is 0 Å². The molecule has 1 aromatic heterocycles. The second-order valence-electron chi connectivity index (χ2n) is 7.48. The van der Waals surface area contributed by atoms with E-state index >= 15 is 0 Å². The normalized spacial score (nSPS) is 24.7. The van der Waals surface area contributed by atoms with E-state index in [-0.39, 0.29) is 11.1 Å². The number of carboxylic acid groups (broad SMARTS) is 1. The fourth-order valence-corrected chi connectivity index (χ4v) is 3.49. The van der Waals surface area contributed by atoms with E-state index in [0.717, 1.165) is 24.3 Å². The summed E-state index contributed by atoms with van der Waals surface area (Å²) < 4.78 is 15.9. The highest BCUT2D eigenvalue weighted by Crippen LogP contribution is 2.39. The van der Waals surface area contributed by atoms with Gasteiger partial charge >= 0.3 is 5.97 Å². The van der Waals surface area contributed by atoms with Gasteiger partial charge in [-0.25, -0.2) is 4.79 Å². The Kier molecular flexibility index (Phi) is 5.70. The average Bonchev–Trinajstić information content (AvgIpc) is 2.77. The van der Waals surface area contributed by atoms with E-state index in [4.69, 9.17) is 19.0 Å². The van der Waals surface area contributed by atoms with Gasteiger partial charge in [0, 0.05) is 17.7 Å². The average molecular weight is 478 g/mol. The van der Waals surface area contributed by atoms with E-state index in [1.807, 2.05) is 0 Å². The minimum atomic E-state index is -1.98. The van der Waals surface area contributed by atoms with Gasteiger partial charge in [-0.05, 0) is 18.2 Å². The number of aliphatic hydroxyl groups excluding tert-OH is 3. The largest absolute Gasteiger partial charge is 0.508 e. The van der Waals surface area contributed by atoms with E-state index in [1.54, 1.807) is 0 Å². The molecule has 1 aliphatic heterocycles. The van der Waals surface area contributed by atoms with E-state index < -0.39 is 82.0 Å². The Hall–Kier alpha value is -4.04. The van der Waals surface area contributed by atoms with Crippen LogP contribution in [0.1, 0.15) is 0 Å². The van der Waals surface area contributed by atoms with Crippen molar-refractivity contribution in [3.8, 4) is 40.1 Å². The number of hydrogen-bond acceptors (Lipinski definition) is 12. The summed E-state index contributed by atoms with van der Waals surface area (Å²) in [6.45, 7) is 0. The van der Waals surface area contributed by atoms with Crippen LogP contribution >= 0.6 is 0 Å². The van der Waals surface area contributed by atoms with Gasteiger partial charge in [-0.3, -0.25) is 4.79 Å². The van der Waals surface area contributed by atoms with Crippen molar-refractivity contribution in [3.63, 3.8) is 0 Å². The van der Waals surface area contributed by atoms with Crippen molar-refractivity contribution in [2.24, 2.45) is 0 Å². The number of phenols is 3. The highest BCUT2D eigenvalue weighted by Gasteiger charge is 2.48. The third-order valence-corrected chi connectivity index (χ3v) is 5.21. The van der Waals surface area contributed by atoms with Crippen LogP contribution in [0.5, 0.6) is 28.7 Å². The van der Waals surface area contributed by atoms with Gasteiger partial charge in [-0.15, -0.1) is 0 Å². The van der Waals surface area contributed by atoms with Crippen LogP contribution in [0.15, 0.2) is 39.5 Å². The number of fused-ring (bicyclic) bond motifs is 1. The van der Waals surface area contributed by atoms with E-state index in [1.165, 1.54) is 6.07 Å². The minimum absolute atomic E-state index is 0.00468. The minimum Gasteiger partial charge on any atom is -0.508 e. The summed E-state index contributed by atoms with van der Waals surface area (Å²) in [7, 11) is 0. The van der Waals surface area contributed by atoms with Crippen LogP contribution in [0, 0.1) is 0 Å². The first-order valence-electron chi connectivity index (χ1n) is 9.64. The van der Waals surface area contributed by atoms with Crippen molar-refractivity contribution in [1.82, 2.24) is 0 Å². The van der Waals surface area contributed by atoms with Gasteiger partial charge in [0.2, 0.25) is 17.5 Å². The second kappa shape index (κ2) is 8.39. The molecule has 34 heavy (non-hydrogen) atoms. The molecule has 2 heterocycles. The number of carboxylic acids is 1. The van der Waals surface area contributed by atoms with Crippen molar-refractivity contribution in [2.75, 3.05) is 0 Å². The van der Waals surface area contributed by atoms with Gasteiger partial charge in [0.1, 0.15) is 40.8 Å². The first-order chi connectivity index (χ1) is 16.0. The predicted octanol–water partition coefficient (Wildman–Crippen LogP) is -0.447. The number of hydrogen-bond donors (Lipinski definition) is 8. The Bertz CT molecular complexity index is 1330. The number of aliphatic carboxylic acids is 1. The van der Waals surface area contributed by atoms with Gasteiger partial charge < -0.3 is 54.7 Å². The molecule has 180 valence electrons. The van der Waals surface area contributed by atoms with Gasteiger partial charge in [0.15, 0.2) is 23.4 Å². The SMILES string of the molecule is O=C(O)[C@@H]1O[C@@H](Oc2cc(O)cc3oc(-c4ccc(O)c(O)c4)c(O)c(=O)c23)[C@@H](O)[C@@H](O)[C@@H]1O. The summed E-state index contributed by atoms with van der Waals surface area (Å²) >= 11 is 0. The summed E-state index contributed by atoms with van der Waals surface area (Å²) in [5, 5.41) is 78.3. The molecule has 1 aliphatic rings. The number of aliphatic hydroxyl groups is 3. The summed E-state index contributed by atoms with van der Waals surface area (Å²) in [6, 6.07) is 5.25. The van der Waals surface area contributed by atoms with Crippen LogP contribution in [0.3, 0.4) is 0 Å². The molecule has 13 heteroatoms. The Morgan fingerprint density at radius 3 is 2.26 bits per heavy atom. The van der Waals surface area contributed by atoms with Gasteiger partial charge in [-0.1, -0.05) is 0 Å². The summed E-state index contributed by atoms with van der Waals surface area (Å²) in [5.74, 6) is -5.03. The van der Waals surface area contributed by atoms with Crippen molar-refractivity contribution >= 4 is 16.9 Å². The van der Waals surface area contributed by atoms with Crippen LogP contribution in [0.25, 0.3) is 22.3 Å². The van der Waals surface area contributed by atoms with Crippen molar-refractivity contribution in [3.05, 3.63) is 40.6 Å². The third kappa shape index (κ3) is 3.82. The van der Waals surface area contributed by atoms with Crippen molar-refractivity contribution < 1.29 is 59.5 Å². The molecule has 13 nitrogen and oxygen atoms in total. The zero-order valence-corrected chi connectivity index (χ0v) is 16.9. The molecular weight excluding hydrogens is 460 g/mol. The maximum absolute atomic E-state index is 12.9. The van der Waals surface area contributed by atoms with Gasteiger partial charge in [0.05, 0.1) is 0 Å². The van der Waals surface area contributed by atoms with E-state index in [2.05, 4.69) is 0 Å². The molecule has 1 fully saturated rings. The van der Waals surface area contributed by atoms with E-state index in [0.29, 0.717) is 0 Å². The number of aromatic hydroxyl groups is 4. The molecule has 0 saturated carbocycles. The number of carbonyl (C=O) groups is 1. The Morgan fingerprint density at radius 1 is 0.912 bits per heavy atom. The van der Waals surface area contributed by atoms with Crippen LogP contribution in [0.4, 0.5) is 0 Å². The molecule has 3 aromatic rings. The Morgan fingerprint density at radius 2 is 1.62 bits per heavy atom. The lowest BCUT2D eigenvalue weighted by Gasteiger charge is -2.38. The lowest BCUT2D eigenvalue weighted by atomic mass is 9.99. The monoisotopic (exact) mass is 478 g/mol. The molecular formula is C21H18O13. The topological polar surface area (TPSA) is 228 Å². The van der Waals surface area contributed by atoms with Crippen LogP contribution < -0.4 is 10.2 Å². The standard InChI is InChI=1S/C21H18O13/c22-7-4-10-12(13(25)15(27)18(32-10)6-1-2-8(23)9(24)3-6)11(5-7)33-21-17(29)14(26)16(28)19(34-21)20(30)31/h1-5,14,16-17,19,21-24,26-29H,(H,30,31)/t14-,16-,17-,19+,21+/m0/s1. The lowest BCUT2D eigenvalue weighted by molar-refractivity contribution is -0.270. The summed E-state index contributed by atoms with van der Waals surface area (Å²) in [5.41, 5.74) is -1.38. The smallest absolute Gasteiger partial charge is 0.335 e. The molecule has 0 spiro atoms. The first kappa shape index (κ1) is 23.1. The second-order valence-corrected chi connectivity index (χ2v) is 7.48. The maximum atomic E-state index is 12.9. The molecule has 2 aromatic carbocycles. The Balaban J connectivity index is 1.82. The molecule has 0 amide bonds. The van der Waals surface area contributed by atoms with Crippen LogP contribution in [-0.2, 0) is 9.53 Å². The molecule has 0 aliphatic carbocycles. The van der Waals surface area contributed by atoms with Gasteiger partial charge in [-0.2, -0.15) is 0 Å². The Labute approximate surface area is 188 Å². The molecule has 4 rings (SSSR count). The highest BCUT2D eigenvalue weighted by molar-refractivity contribution is 5.88. The fourth-order valence-electron chi connectivity index (χ4n) is 3.49. The van der Waals surface area contributed by atoms with Crippen LogP contribution in [-0.4, -0.2) is 77.5 Å². The molecule has 0 unspecified atom stereocenters. The summed E-state index contributed by atoms with van der Waals surface area (Å²) in [6.07, 6.45) is -9.80. The molecule has 5 atom stereocenters. The fraction of sp³-hybridized carbons (Fsp3) is 0.238. The zero-order valence-electron chi connectivity index (χ0n) is 16.9. The molecule has 0 radical (unpaired) electrons. The molecule has 0 bridgehead atoms. The predicted molar refractivity (Wildman–Crippen MR) is 110 cm³/mol. The number of rotatable bonds is 4. The zero-order chi connectivity index (χ0) is 24.9.